The topological polar surface area (TPSA) is 46.2 Å². The molecule has 0 radical (unpaired) electrons. The summed E-state index contributed by atoms with van der Waals surface area (Å²) in [5, 5.41) is 9.14. The van der Waals surface area contributed by atoms with Crippen LogP contribution in [0.1, 0.15) is 31.1 Å². The molecule has 1 aromatic rings. The van der Waals surface area contributed by atoms with Crippen molar-refractivity contribution in [2.45, 2.75) is 31.6 Å². The minimum absolute atomic E-state index is 0.00249. The van der Waals surface area contributed by atoms with E-state index in [1.165, 1.54) is 6.07 Å². The fraction of sp³-hybridized carbons (Fsp3) is 0.571. The molecule has 4 heteroatoms. The van der Waals surface area contributed by atoms with E-state index in [-0.39, 0.29) is 29.6 Å². The van der Waals surface area contributed by atoms with Crippen molar-refractivity contribution < 1.29 is 9.50 Å². The molecule has 0 heterocycles. The van der Waals surface area contributed by atoms with Gasteiger partial charge >= 0.3 is 0 Å². The second-order valence-corrected chi connectivity index (χ2v) is 5.84. The van der Waals surface area contributed by atoms with Gasteiger partial charge in [-0.05, 0) is 35.8 Å². The fourth-order valence-corrected chi connectivity index (χ4v) is 3.11. The predicted molar refractivity (Wildman–Crippen MR) is 76.1 cm³/mol. The monoisotopic (exact) mass is 271 g/mol. The van der Waals surface area contributed by atoms with Gasteiger partial charge in [0.15, 0.2) is 0 Å². The van der Waals surface area contributed by atoms with E-state index in [0.29, 0.717) is 0 Å². The Morgan fingerprint density at radius 1 is 1.44 bits per heavy atom. The molecule has 0 fully saturated rings. The third kappa shape index (κ3) is 4.59. The molecule has 3 unspecified atom stereocenters. The van der Waals surface area contributed by atoms with E-state index in [1.807, 2.05) is 19.9 Å². The van der Waals surface area contributed by atoms with Crippen LogP contribution in [0.3, 0.4) is 0 Å². The SMILES string of the molecule is CCC(N)C(SCC(C)CO)c1cccc(F)c1. The van der Waals surface area contributed by atoms with Gasteiger partial charge in [0, 0.05) is 17.9 Å². The Morgan fingerprint density at radius 2 is 2.17 bits per heavy atom. The number of aliphatic hydroxyl groups is 1. The number of benzene rings is 1. The number of hydrogen-bond acceptors (Lipinski definition) is 3. The quantitative estimate of drug-likeness (QED) is 0.801. The lowest BCUT2D eigenvalue weighted by atomic mass is 10.0. The molecule has 2 nitrogen and oxygen atoms in total. The first kappa shape index (κ1) is 15.5. The normalized spacial score (nSPS) is 16.3. The maximum atomic E-state index is 13.3. The van der Waals surface area contributed by atoms with Gasteiger partial charge in [0.1, 0.15) is 5.82 Å². The van der Waals surface area contributed by atoms with Gasteiger partial charge in [-0.25, -0.2) is 4.39 Å². The summed E-state index contributed by atoms with van der Waals surface area (Å²) in [5.41, 5.74) is 7.05. The minimum atomic E-state index is -0.225. The maximum Gasteiger partial charge on any atom is 0.123 e. The van der Waals surface area contributed by atoms with E-state index in [1.54, 1.807) is 23.9 Å². The molecule has 0 saturated heterocycles. The van der Waals surface area contributed by atoms with Gasteiger partial charge in [-0.15, -0.1) is 0 Å². The first-order valence-electron chi connectivity index (χ1n) is 6.32. The molecule has 3 N–H and O–H groups in total. The average molecular weight is 271 g/mol. The Labute approximate surface area is 113 Å². The summed E-state index contributed by atoms with van der Waals surface area (Å²) < 4.78 is 13.3. The van der Waals surface area contributed by atoms with Crippen molar-refractivity contribution in [1.82, 2.24) is 0 Å². The summed E-state index contributed by atoms with van der Waals surface area (Å²) >= 11 is 1.70. The predicted octanol–water partition coefficient (Wildman–Crippen LogP) is 2.97. The summed E-state index contributed by atoms with van der Waals surface area (Å²) in [5.74, 6) is 0.831. The molecule has 1 rings (SSSR count). The van der Waals surface area contributed by atoms with Crippen LogP contribution in [0.5, 0.6) is 0 Å². The Balaban J connectivity index is 2.78. The second-order valence-electron chi connectivity index (χ2n) is 4.67. The van der Waals surface area contributed by atoms with Crippen molar-refractivity contribution in [2.24, 2.45) is 11.7 Å². The van der Waals surface area contributed by atoms with E-state index < -0.39 is 0 Å². The number of nitrogens with two attached hydrogens (primary N) is 1. The van der Waals surface area contributed by atoms with Crippen molar-refractivity contribution in [1.29, 1.82) is 0 Å². The van der Waals surface area contributed by atoms with Crippen LogP contribution < -0.4 is 5.73 Å². The van der Waals surface area contributed by atoms with Gasteiger partial charge in [0.2, 0.25) is 0 Å². The van der Waals surface area contributed by atoms with E-state index in [9.17, 15) is 4.39 Å². The Bertz CT molecular complexity index is 361. The summed E-state index contributed by atoms with van der Waals surface area (Å²) in [6.45, 7) is 4.20. The van der Waals surface area contributed by atoms with E-state index in [4.69, 9.17) is 10.8 Å². The molecule has 0 aliphatic heterocycles. The zero-order chi connectivity index (χ0) is 13.5. The second kappa shape index (κ2) is 7.77. The summed E-state index contributed by atoms with van der Waals surface area (Å²) in [7, 11) is 0. The molecule has 0 saturated carbocycles. The first-order chi connectivity index (χ1) is 8.58. The summed E-state index contributed by atoms with van der Waals surface area (Å²) in [4.78, 5) is 0. The molecule has 0 amide bonds. The third-order valence-corrected chi connectivity index (χ3v) is 4.65. The lowest BCUT2D eigenvalue weighted by Crippen LogP contribution is -2.26. The van der Waals surface area contributed by atoms with Crippen LogP contribution in [-0.4, -0.2) is 23.5 Å². The Morgan fingerprint density at radius 3 is 2.72 bits per heavy atom. The third-order valence-electron chi connectivity index (χ3n) is 2.91. The smallest absolute Gasteiger partial charge is 0.123 e. The van der Waals surface area contributed by atoms with Crippen LogP contribution >= 0.6 is 11.8 Å². The van der Waals surface area contributed by atoms with Crippen LogP contribution in [-0.2, 0) is 0 Å². The fourth-order valence-electron chi connectivity index (χ4n) is 1.69. The molecule has 0 aromatic heterocycles. The zero-order valence-electron chi connectivity index (χ0n) is 11.0. The molecular formula is C14H22FNOS. The largest absolute Gasteiger partial charge is 0.396 e. The van der Waals surface area contributed by atoms with E-state index >= 15 is 0 Å². The summed E-state index contributed by atoms with van der Waals surface area (Å²) in [6, 6.07) is 6.63. The summed E-state index contributed by atoms with van der Waals surface area (Å²) in [6.07, 6.45) is 0.849. The highest BCUT2D eigenvalue weighted by molar-refractivity contribution is 7.99. The Hall–Kier alpha value is -0.580. The highest BCUT2D eigenvalue weighted by Crippen LogP contribution is 2.34. The van der Waals surface area contributed by atoms with E-state index in [2.05, 4.69) is 0 Å². The number of aliphatic hydroxyl groups excluding tert-OH is 1. The van der Waals surface area contributed by atoms with Gasteiger partial charge in [-0.3, -0.25) is 0 Å². The van der Waals surface area contributed by atoms with Gasteiger partial charge in [-0.2, -0.15) is 11.8 Å². The molecule has 1 aromatic carbocycles. The molecule has 0 spiro atoms. The van der Waals surface area contributed by atoms with Crippen LogP contribution in [0.25, 0.3) is 0 Å². The molecule has 3 atom stereocenters. The molecule has 18 heavy (non-hydrogen) atoms. The minimum Gasteiger partial charge on any atom is -0.396 e. The highest BCUT2D eigenvalue weighted by Gasteiger charge is 2.20. The molecule has 0 aliphatic rings. The lowest BCUT2D eigenvalue weighted by Gasteiger charge is -2.24. The van der Waals surface area contributed by atoms with Gasteiger partial charge in [0.05, 0.1) is 0 Å². The van der Waals surface area contributed by atoms with Crippen molar-refractivity contribution in [2.75, 3.05) is 12.4 Å². The van der Waals surface area contributed by atoms with Crippen molar-refractivity contribution in [3.8, 4) is 0 Å². The van der Waals surface area contributed by atoms with Crippen LogP contribution in [0, 0.1) is 11.7 Å². The van der Waals surface area contributed by atoms with Crippen LogP contribution in [0.4, 0.5) is 4.39 Å². The van der Waals surface area contributed by atoms with Crippen molar-refractivity contribution in [3.63, 3.8) is 0 Å². The van der Waals surface area contributed by atoms with Gasteiger partial charge in [0.25, 0.3) is 0 Å². The molecule has 102 valence electrons. The zero-order valence-corrected chi connectivity index (χ0v) is 11.8. The molecule has 0 bridgehead atoms. The number of rotatable bonds is 7. The van der Waals surface area contributed by atoms with Gasteiger partial charge in [-0.1, -0.05) is 26.0 Å². The van der Waals surface area contributed by atoms with Crippen molar-refractivity contribution >= 4 is 11.8 Å². The highest BCUT2D eigenvalue weighted by atomic mass is 32.2. The molecular weight excluding hydrogens is 249 g/mol. The molecule has 0 aliphatic carbocycles. The number of hydrogen-bond donors (Lipinski definition) is 2. The first-order valence-corrected chi connectivity index (χ1v) is 7.36. The number of thioether (sulfide) groups is 1. The Kier molecular flexibility index (Phi) is 6.68. The van der Waals surface area contributed by atoms with Gasteiger partial charge < -0.3 is 10.8 Å². The van der Waals surface area contributed by atoms with Crippen molar-refractivity contribution in [3.05, 3.63) is 35.6 Å². The van der Waals surface area contributed by atoms with Crippen LogP contribution in [0.2, 0.25) is 0 Å². The average Bonchev–Trinajstić information content (AvgIpc) is 2.38. The van der Waals surface area contributed by atoms with Crippen LogP contribution in [0.15, 0.2) is 24.3 Å². The maximum absolute atomic E-state index is 13.3. The van der Waals surface area contributed by atoms with E-state index in [0.717, 1.165) is 17.7 Å². The number of halogens is 1. The lowest BCUT2D eigenvalue weighted by molar-refractivity contribution is 0.250. The standard InChI is InChI=1S/C14H22FNOS/c1-3-13(16)14(18-9-10(2)8-17)11-5-4-6-12(15)7-11/h4-7,10,13-14,17H,3,8-9,16H2,1-2H3.